The lowest BCUT2D eigenvalue weighted by molar-refractivity contribution is -0.148. The second-order valence-electron chi connectivity index (χ2n) is 5.07. The highest BCUT2D eigenvalue weighted by molar-refractivity contribution is 6.05. The van der Waals surface area contributed by atoms with Crippen LogP contribution in [0.2, 0.25) is 0 Å². The predicted molar refractivity (Wildman–Crippen MR) is 81.8 cm³/mol. The smallest absolute Gasteiger partial charge is 0.336 e. The molecule has 0 rings (SSSR count). The van der Waals surface area contributed by atoms with E-state index in [1.165, 1.54) is 20.5 Å². The van der Waals surface area contributed by atoms with Crippen molar-refractivity contribution >= 4 is 17.7 Å². The van der Waals surface area contributed by atoms with Crippen LogP contribution in [0.3, 0.4) is 0 Å². The van der Waals surface area contributed by atoms with Crippen LogP contribution in [0.15, 0.2) is 12.7 Å². The zero-order valence-electron chi connectivity index (χ0n) is 13.2. The summed E-state index contributed by atoms with van der Waals surface area (Å²) >= 11 is 0. The Labute approximate surface area is 127 Å². The first-order chi connectivity index (χ1) is 10.0. The minimum absolute atomic E-state index is 0.284. The van der Waals surface area contributed by atoms with Crippen LogP contribution in [0.25, 0.3) is 0 Å². The van der Waals surface area contributed by atoms with Gasteiger partial charge in [-0.05, 0) is 19.3 Å². The molecule has 1 amide bonds. The molecule has 120 valence electrons. The molecular formula is C16H27NO4. The third-order valence-corrected chi connectivity index (χ3v) is 3.19. The van der Waals surface area contributed by atoms with E-state index in [2.05, 4.69) is 16.6 Å². The van der Waals surface area contributed by atoms with E-state index in [0.29, 0.717) is 0 Å². The van der Waals surface area contributed by atoms with Gasteiger partial charge < -0.3 is 10.1 Å². The quantitative estimate of drug-likeness (QED) is 0.260. The van der Waals surface area contributed by atoms with Crippen molar-refractivity contribution in [3.63, 3.8) is 0 Å². The Balaban J connectivity index is 3.90. The average Bonchev–Trinajstić information content (AvgIpc) is 2.46. The topological polar surface area (TPSA) is 72.5 Å². The fraction of sp³-hybridized carbons (Fsp3) is 0.688. The number of methoxy groups -OCH3 is 1. The molecule has 1 N–H and O–H groups in total. The summed E-state index contributed by atoms with van der Waals surface area (Å²) < 4.78 is 4.53. The van der Waals surface area contributed by atoms with Crippen LogP contribution >= 0.6 is 0 Å². The van der Waals surface area contributed by atoms with Crippen molar-refractivity contribution in [2.75, 3.05) is 7.11 Å². The molecule has 5 nitrogen and oxygen atoms in total. The normalized spacial score (nSPS) is 11.5. The third kappa shape index (κ3) is 9.82. The van der Waals surface area contributed by atoms with Gasteiger partial charge in [0.05, 0.1) is 7.11 Å². The van der Waals surface area contributed by atoms with E-state index in [0.717, 1.165) is 38.5 Å². The fourth-order valence-electron chi connectivity index (χ4n) is 2.03. The van der Waals surface area contributed by atoms with E-state index in [4.69, 9.17) is 0 Å². The summed E-state index contributed by atoms with van der Waals surface area (Å²) in [6.07, 6.45) is 9.51. The van der Waals surface area contributed by atoms with Gasteiger partial charge in [-0.1, -0.05) is 31.8 Å². The van der Waals surface area contributed by atoms with Crippen LogP contribution in [-0.4, -0.2) is 30.8 Å². The first kappa shape index (κ1) is 19.4. The van der Waals surface area contributed by atoms with Crippen LogP contribution in [0.5, 0.6) is 0 Å². The van der Waals surface area contributed by atoms with E-state index in [9.17, 15) is 14.4 Å². The molecule has 0 saturated carbocycles. The van der Waals surface area contributed by atoms with Gasteiger partial charge in [0.1, 0.15) is 0 Å². The second-order valence-corrected chi connectivity index (χ2v) is 5.07. The molecule has 0 saturated heterocycles. The van der Waals surface area contributed by atoms with Gasteiger partial charge in [0, 0.05) is 13.3 Å². The molecule has 0 aliphatic heterocycles. The average molecular weight is 297 g/mol. The number of Topliss-reactive ketones (excluding diaryl/α,β-unsaturated/α-hetero) is 1. The molecule has 5 heteroatoms. The molecule has 0 aromatic carbocycles. The van der Waals surface area contributed by atoms with Gasteiger partial charge in [0.2, 0.25) is 5.91 Å². The Morgan fingerprint density at radius 2 is 1.67 bits per heavy atom. The van der Waals surface area contributed by atoms with E-state index in [1.54, 1.807) is 0 Å². The molecule has 1 atom stereocenters. The molecule has 1 unspecified atom stereocenters. The number of unbranched alkanes of at least 4 members (excludes halogenated alkanes) is 6. The van der Waals surface area contributed by atoms with Crippen molar-refractivity contribution in [2.45, 2.75) is 64.3 Å². The Kier molecular flexibility index (Phi) is 11.2. The number of hydrogen-bond acceptors (Lipinski definition) is 4. The number of esters is 1. The third-order valence-electron chi connectivity index (χ3n) is 3.19. The van der Waals surface area contributed by atoms with Crippen molar-refractivity contribution in [3.8, 4) is 0 Å². The number of hydrogen-bond donors (Lipinski definition) is 1. The molecule has 0 bridgehead atoms. The minimum atomic E-state index is -1.17. The highest BCUT2D eigenvalue weighted by atomic mass is 16.5. The number of rotatable bonds is 12. The number of ether oxygens (including phenoxy) is 1. The van der Waals surface area contributed by atoms with Crippen LogP contribution in [0, 0.1) is 0 Å². The summed E-state index contributed by atoms with van der Waals surface area (Å²) in [4.78, 5) is 34.4. The summed E-state index contributed by atoms with van der Waals surface area (Å²) in [5, 5.41) is 2.33. The summed E-state index contributed by atoms with van der Waals surface area (Å²) in [5.74, 6) is -1.41. The first-order valence-electron chi connectivity index (χ1n) is 7.51. The molecular weight excluding hydrogens is 270 g/mol. The summed E-state index contributed by atoms with van der Waals surface area (Å²) in [5.41, 5.74) is 0. The number of ketones is 1. The Morgan fingerprint density at radius 3 is 2.19 bits per heavy atom. The fourth-order valence-corrected chi connectivity index (χ4v) is 2.03. The Hall–Kier alpha value is -1.65. The molecule has 0 aromatic rings. The maximum atomic E-state index is 11.9. The Morgan fingerprint density at radius 1 is 1.10 bits per heavy atom. The zero-order valence-corrected chi connectivity index (χ0v) is 13.2. The van der Waals surface area contributed by atoms with E-state index < -0.39 is 17.9 Å². The molecule has 0 radical (unpaired) electrons. The lowest BCUT2D eigenvalue weighted by Crippen LogP contribution is -2.46. The van der Waals surface area contributed by atoms with Crippen molar-refractivity contribution in [3.05, 3.63) is 12.7 Å². The largest absolute Gasteiger partial charge is 0.467 e. The molecule has 0 aliphatic carbocycles. The molecule has 0 aromatic heterocycles. The number of nitrogens with one attached hydrogen (secondary N) is 1. The maximum absolute atomic E-state index is 11.9. The number of amides is 1. The van der Waals surface area contributed by atoms with Crippen LogP contribution in [0.4, 0.5) is 0 Å². The van der Waals surface area contributed by atoms with Crippen LogP contribution in [-0.2, 0) is 19.1 Å². The highest BCUT2D eigenvalue weighted by Gasteiger charge is 2.27. The van der Waals surface area contributed by atoms with Crippen molar-refractivity contribution < 1.29 is 19.1 Å². The maximum Gasteiger partial charge on any atom is 0.336 e. The first-order valence-corrected chi connectivity index (χ1v) is 7.51. The van der Waals surface area contributed by atoms with Crippen molar-refractivity contribution in [1.82, 2.24) is 5.32 Å². The van der Waals surface area contributed by atoms with Crippen molar-refractivity contribution in [1.29, 1.82) is 0 Å². The Bertz CT molecular complexity index is 352. The second kappa shape index (κ2) is 12.1. The van der Waals surface area contributed by atoms with Gasteiger partial charge in [-0.15, -0.1) is 6.58 Å². The van der Waals surface area contributed by atoms with Crippen LogP contribution < -0.4 is 5.32 Å². The highest BCUT2D eigenvalue weighted by Crippen LogP contribution is 2.10. The van der Waals surface area contributed by atoms with Crippen molar-refractivity contribution in [2.24, 2.45) is 0 Å². The van der Waals surface area contributed by atoms with Crippen LogP contribution in [0.1, 0.15) is 58.3 Å². The zero-order chi connectivity index (χ0) is 16.1. The van der Waals surface area contributed by atoms with Gasteiger partial charge in [0.25, 0.3) is 0 Å². The van der Waals surface area contributed by atoms with Gasteiger partial charge in [-0.3, -0.25) is 9.59 Å². The van der Waals surface area contributed by atoms with Gasteiger partial charge >= 0.3 is 5.97 Å². The van der Waals surface area contributed by atoms with Gasteiger partial charge in [0.15, 0.2) is 11.8 Å². The molecule has 0 aliphatic rings. The van der Waals surface area contributed by atoms with Gasteiger partial charge in [-0.25, -0.2) is 4.79 Å². The molecule has 0 fully saturated rings. The summed E-state index contributed by atoms with van der Waals surface area (Å²) in [6.45, 7) is 4.95. The monoisotopic (exact) mass is 297 g/mol. The molecule has 21 heavy (non-hydrogen) atoms. The van der Waals surface area contributed by atoms with E-state index in [1.807, 2.05) is 6.08 Å². The number of carbonyl (C=O) groups is 3. The van der Waals surface area contributed by atoms with Gasteiger partial charge in [-0.2, -0.15) is 0 Å². The molecule has 0 spiro atoms. The number of carbonyl (C=O) groups excluding carboxylic acids is 3. The molecule has 0 heterocycles. The number of allylic oxidation sites excluding steroid dienone is 1. The lowest BCUT2D eigenvalue weighted by Gasteiger charge is -2.14. The summed E-state index contributed by atoms with van der Waals surface area (Å²) in [7, 11) is 1.20. The minimum Gasteiger partial charge on any atom is -0.467 e. The van der Waals surface area contributed by atoms with E-state index >= 15 is 0 Å². The standard InChI is InChI=1S/C16H27NO4/c1-4-5-6-7-8-9-10-11-12-14(19)15(16(20)21-3)17-13(2)18/h4,15H,1,5-12H2,2-3H3,(H,17,18). The predicted octanol–water partition coefficient (Wildman–Crippen LogP) is 2.54. The van der Waals surface area contributed by atoms with E-state index in [-0.39, 0.29) is 12.2 Å². The SMILES string of the molecule is C=CCCCCCCCCC(=O)C(NC(C)=O)C(=O)OC. The summed E-state index contributed by atoms with van der Waals surface area (Å²) in [6, 6.07) is -1.17. The lowest BCUT2D eigenvalue weighted by atomic mass is 10.0.